The van der Waals surface area contributed by atoms with Crippen LogP contribution in [0.3, 0.4) is 0 Å². The quantitative estimate of drug-likeness (QED) is 0.670. The second kappa shape index (κ2) is 4.75. The van der Waals surface area contributed by atoms with E-state index in [1.807, 2.05) is 0 Å². The lowest BCUT2D eigenvalue weighted by atomic mass is 9.88. The lowest BCUT2D eigenvalue weighted by molar-refractivity contribution is -0.174. The van der Waals surface area contributed by atoms with E-state index < -0.39 is 0 Å². The maximum absolute atomic E-state index is 11.8. The fraction of sp³-hybridized carbons (Fsp3) is 0.900. The molecule has 1 amide bonds. The van der Waals surface area contributed by atoms with E-state index in [0.717, 1.165) is 12.8 Å². The monoisotopic (exact) mass is 200 g/mol. The van der Waals surface area contributed by atoms with Crippen LogP contribution in [0.4, 0.5) is 0 Å². The van der Waals surface area contributed by atoms with Gasteiger partial charge in [-0.1, -0.05) is 0 Å². The molecule has 0 aliphatic carbocycles. The van der Waals surface area contributed by atoms with E-state index >= 15 is 0 Å². The Morgan fingerprint density at radius 3 is 2.29 bits per heavy atom. The minimum Gasteiger partial charge on any atom is -0.312 e. The highest BCUT2D eigenvalue weighted by atomic mass is 16.7. The number of piperidine rings is 1. The van der Waals surface area contributed by atoms with Crippen LogP contribution in [0.25, 0.3) is 0 Å². The van der Waals surface area contributed by atoms with Crippen molar-refractivity contribution < 1.29 is 9.63 Å². The van der Waals surface area contributed by atoms with Gasteiger partial charge in [-0.2, -0.15) is 0 Å². The van der Waals surface area contributed by atoms with Gasteiger partial charge in [-0.25, -0.2) is 5.06 Å². The number of amides is 1. The van der Waals surface area contributed by atoms with Crippen molar-refractivity contribution in [1.29, 1.82) is 0 Å². The van der Waals surface area contributed by atoms with E-state index in [-0.39, 0.29) is 11.8 Å². The lowest BCUT2D eigenvalue weighted by Crippen LogP contribution is -2.47. The largest absolute Gasteiger partial charge is 0.312 e. The third-order valence-corrected chi connectivity index (χ3v) is 2.78. The van der Waals surface area contributed by atoms with Gasteiger partial charge in [-0.3, -0.25) is 9.63 Å². The van der Waals surface area contributed by atoms with Gasteiger partial charge in [0.2, 0.25) is 5.91 Å². The third kappa shape index (κ3) is 2.69. The van der Waals surface area contributed by atoms with Gasteiger partial charge in [0.1, 0.15) is 0 Å². The molecule has 2 unspecified atom stereocenters. The molecular formula is C10H20N2O2. The Bertz CT molecular complexity index is 198. The van der Waals surface area contributed by atoms with E-state index in [2.05, 4.69) is 19.2 Å². The van der Waals surface area contributed by atoms with Gasteiger partial charge in [0.25, 0.3) is 0 Å². The number of nitrogens with one attached hydrogen (secondary N) is 1. The summed E-state index contributed by atoms with van der Waals surface area (Å²) in [6.07, 6.45) is 1.80. The van der Waals surface area contributed by atoms with Crippen LogP contribution >= 0.6 is 0 Å². The van der Waals surface area contributed by atoms with Crippen molar-refractivity contribution in [1.82, 2.24) is 10.4 Å². The van der Waals surface area contributed by atoms with Crippen LogP contribution in [0.15, 0.2) is 0 Å². The van der Waals surface area contributed by atoms with E-state index in [1.165, 1.54) is 12.2 Å². The molecule has 0 radical (unpaired) electrons. The number of hydrogen-bond acceptors (Lipinski definition) is 3. The molecule has 1 N–H and O–H groups in total. The molecule has 0 bridgehead atoms. The number of nitrogens with zero attached hydrogens (tertiary/aromatic N) is 1. The summed E-state index contributed by atoms with van der Waals surface area (Å²) in [5.41, 5.74) is 0. The molecule has 1 rings (SSSR count). The fourth-order valence-corrected chi connectivity index (χ4v) is 2.12. The Hall–Kier alpha value is -0.610. The number of hydrogen-bond donors (Lipinski definition) is 1. The van der Waals surface area contributed by atoms with Gasteiger partial charge < -0.3 is 5.32 Å². The summed E-state index contributed by atoms with van der Waals surface area (Å²) < 4.78 is 0. The highest BCUT2D eigenvalue weighted by Crippen LogP contribution is 2.21. The summed E-state index contributed by atoms with van der Waals surface area (Å²) >= 11 is 0. The fourth-order valence-electron chi connectivity index (χ4n) is 2.12. The molecule has 4 heteroatoms. The van der Waals surface area contributed by atoms with Crippen LogP contribution in [0.5, 0.6) is 0 Å². The second-order valence-corrected chi connectivity index (χ2v) is 4.16. The summed E-state index contributed by atoms with van der Waals surface area (Å²) in [4.78, 5) is 16.7. The first-order chi connectivity index (χ1) is 6.54. The van der Waals surface area contributed by atoms with Crippen molar-refractivity contribution in [2.45, 2.75) is 38.8 Å². The van der Waals surface area contributed by atoms with Crippen LogP contribution in [-0.2, 0) is 9.63 Å². The van der Waals surface area contributed by atoms with Gasteiger partial charge in [-0.15, -0.1) is 0 Å². The maximum atomic E-state index is 11.8. The number of rotatable bonds is 2. The SMILES string of the molecule is CON(C)C(=O)C1CC(C)NC(C)C1. The molecule has 14 heavy (non-hydrogen) atoms. The normalized spacial score (nSPS) is 32.7. The second-order valence-electron chi connectivity index (χ2n) is 4.16. The Morgan fingerprint density at radius 2 is 1.86 bits per heavy atom. The highest BCUT2D eigenvalue weighted by molar-refractivity contribution is 5.77. The molecule has 1 aliphatic heterocycles. The van der Waals surface area contributed by atoms with Crippen LogP contribution < -0.4 is 5.32 Å². The van der Waals surface area contributed by atoms with Crippen molar-refractivity contribution >= 4 is 5.91 Å². The zero-order chi connectivity index (χ0) is 10.7. The Kier molecular flexibility index (Phi) is 3.89. The molecule has 4 nitrogen and oxygen atoms in total. The first kappa shape index (κ1) is 11.5. The zero-order valence-corrected chi connectivity index (χ0v) is 9.41. The van der Waals surface area contributed by atoms with Crippen molar-refractivity contribution in [3.05, 3.63) is 0 Å². The van der Waals surface area contributed by atoms with Crippen molar-refractivity contribution in [3.8, 4) is 0 Å². The van der Waals surface area contributed by atoms with Crippen molar-refractivity contribution in [2.75, 3.05) is 14.2 Å². The van der Waals surface area contributed by atoms with E-state index in [9.17, 15) is 4.79 Å². The molecule has 1 saturated heterocycles. The molecule has 2 atom stereocenters. The van der Waals surface area contributed by atoms with E-state index in [0.29, 0.717) is 12.1 Å². The standard InChI is InChI=1S/C10H20N2O2/c1-7-5-9(6-8(2)11-7)10(13)12(3)14-4/h7-9,11H,5-6H2,1-4H3. The smallest absolute Gasteiger partial charge is 0.249 e. The first-order valence-electron chi connectivity index (χ1n) is 5.12. The number of carbonyl (C=O) groups excluding carboxylic acids is 1. The number of hydroxylamine groups is 2. The van der Waals surface area contributed by atoms with Gasteiger partial charge >= 0.3 is 0 Å². The lowest BCUT2D eigenvalue weighted by Gasteiger charge is -2.33. The number of carbonyl (C=O) groups is 1. The Labute approximate surface area is 85.6 Å². The molecule has 0 spiro atoms. The van der Waals surface area contributed by atoms with E-state index in [1.54, 1.807) is 7.05 Å². The third-order valence-electron chi connectivity index (χ3n) is 2.78. The van der Waals surface area contributed by atoms with E-state index in [4.69, 9.17) is 4.84 Å². The van der Waals surface area contributed by atoms with Crippen molar-refractivity contribution in [3.63, 3.8) is 0 Å². The van der Waals surface area contributed by atoms with Crippen LogP contribution in [-0.4, -0.2) is 37.2 Å². The highest BCUT2D eigenvalue weighted by Gasteiger charge is 2.30. The predicted octanol–water partition coefficient (Wildman–Crippen LogP) is 0.783. The van der Waals surface area contributed by atoms with Crippen LogP contribution in [0.2, 0.25) is 0 Å². The van der Waals surface area contributed by atoms with Crippen molar-refractivity contribution in [2.24, 2.45) is 5.92 Å². The summed E-state index contributed by atoms with van der Waals surface area (Å²) in [5, 5.41) is 4.74. The molecule has 0 aromatic rings. The van der Waals surface area contributed by atoms with Crippen LogP contribution in [0.1, 0.15) is 26.7 Å². The molecule has 0 aromatic heterocycles. The minimum atomic E-state index is 0.0905. The molecule has 82 valence electrons. The summed E-state index contributed by atoms with van der Waals surface area (Å²) in [5.74, 6) is 0.193. The van der Waals surface area contributed by atoms with Crippen LogP contribution in [0, 0.1) is 5.92 Å². The Morgan fingerprint density at radius 1 is 1.36 bits per heavy atom. The summed E-state index contributed by atoms with van der Waals surface area (Å²) in [6, 6.07) is 0.830. The minimum absolute atomic E-state index is 0.0905. The molecular weight excluding hydrogens is 180 g/mol. The molecule has 1 fully saturated rings. The maximum Gasteiger partial charge on any atom is 0.249 e. The topological polar surface area (TPSA) is 41.6 Å². The Balaban J connectivity index is 2.54. The molecule has 0 saturated carbocycles. The first-order valence-corrected chi connectivity index (χ1v) is 5.12. The van der Waals surface area contributed by atoms with Gasteiger partial charge in [0.15, 0.2) is 0 Å². The predicted molar refractivity (Wildman–Crippen MR) is 54.6 cm³/mol. The zero-order valence-electron chi connectivity index (χ0n) is 9.41. The average molecular weight is 200 g/mol. The summed E-state index contributed by atoms with van der Waals surface area (Å²) in [7, 11) is 3.19. The molecule has 1 aliphatic rings. The molecule has 0 aromatic carbocycles. The van der Waals surface area contributed by atoms with Gasteiger partial charge in [-0.05, 0) is 26.7 Å². The molecule has 1 heterocycles. The van der Waals surface area contributed by atoms with Gasteiger partial charge in [0, 0.05) is 25.0 Å². The van der Waals surface area contributed by atoms with Gasteiger partial charge in [0.05, 0.1) is 7.11 Å². The summed E-state index contributed by atoms with van der Waals surface area (Å²) in [6.45, 7) is 4.23. The average Bonchev–Trinajstić information content (AvgIpc) is 2.14.